The van der Waals surface area contributed by atoms with Crippen LogP contribution in [0, 0.1) is 38.0 Å². The molecule has 18 heteroatoms. The molecule has 0 amide bonds. The molecule has 14 atom stereocenters. The van der Waals surface area contributed by atoms with Gasteiger partial charge in [0.05, 0.1) is 45.2 Å². The van der Waals surface area contributed by atoms with Crippen LogP contribution in [0.1, 0.15) is 74.7 Å². The van der Waals surface area contributed by atoms with Gasteiger partial charge in [0.1, 0.15) is 29.6 Å². The molecule has 2 aliphatic rings. The average Bonchev–Trinajstić information content (AvgIpc) is 3.09. The fourth-order valence-corrected chi connectivity index (χ4v) is 7.90. The van der Waals surface area contributed by atoms with Gasteiger partial charge >= 0.3 is 5.97 Å². The molecule has 0 saturated carbocycles. The van der Waals surface area contributed by atoms with Crippen molar-refractivity contribution in [3.05, 3.63) is 38.4 Å². The predicted octanol–water partition coefficient (Wildman–Crippen LogP) is 1.93. The smallest absolute Gasteiger partial charge is 0.312 e. The van der Waals surface area contributed by atoms with E-state index in [4.69, 9.17) is 14.2 Å². The number of carbonyl (C=O) groups is 1. The summed E-state index contributed by atoms with van der Waals surface area (Å²) in [7, 11) is 3.60. The Balaban J connectivity index is 2.23. The number of anilines is 1. The van der Waals surface area contributed by atoms with Crippen LogP contribution in [0.25, 0.3) is 0 Å². The Kier molecular flexibility index (Phi) is 14.9. The molecule has 3 rings (SSSR count). The topological polar surface area (TPSA) is 259 Å². The Hall–Kier alpha value is -3.07. The second-order valence-corrected chi connectivity index (χ2v) is 16.1. The van der Waals surface area contributed by atoms with E-state index in [0.29, 0.717) is 6.42 Å². The molecule has 0 spiro atoms. The predicted molar refractivity (Wildman–Crippen MR) is 197 cm³/mol. The van der Waals surface area contributed by atoms with Crippen LogP contribution in [-0.4, -0.2) is 139 Å². The highest BCUT2D eigenvalue weighted by molar-refractivity contribution is 5.74. The maximum atomic E-state index is 14.1. The number of nitrogens with one attached hydrogen (secondary N) is 2. The highest BCUT2D eigenvalue weighted by atomic mass is 16.7. The largest absolute Gasteiger partial charge is 0.459 e. The van der Waals surface area contributed by atoms with Gasteiger partial charge in [-0.25, -0.2) is 0 Å². The molecular weight excluding hydrogens is 710 g/mol. The highest BCUT2D eigenvalue weighted by Gasteiger charge is 2.55. The number of nitro groups is 2. The van der Waals surface area contributed by atoms with Crippen molar-refractivity contribution in [3.8, 4) is 0 Å². The molecule has 2 fully saturated rings. The third-order valence-corrected chi connectivity index (χ3v) is 11.4. The standard InChI is InChI=1S/C36H61N5O13/c1-11-28-35(8,46)30(43)23(6)37-17-19(2)16-34(7,45)31(54-33-29(42)27(39(9)10)14-20(3)52-33)21(4)36(47,22(5)32(44)53-28)18-38-25-13-12-24(40(48)49)15-26(25)41(50)51/h12-13,15,19-23,27-31,33,37-38,42-43,45-47H,11,14,16-18H2,1-10H3/t19-,20-,21-,22?,23-,27+,28-,29-,30-,31-,33+,34+,35-,36-/m1/s1. The van der Waals surface area contributed by atoms with Gasteiger partial charge in [0, 0.05) is 30.6 Å². The summed E-state index contributed by atoms with van der Waals surface area (Å²) in [5.74, 6) is -4.04. The molecule has 0 bridgehead atoms. The minimum Gasteiger partial charge on any atom is -0.459 e. The van der Waals surface area contributed by atoms with Gasteiger partial charge in [-0.05, 0) is 86.5 Å². The number of hydrogen-bond acceptors (Lipinski definition) is 16. The third kappa shape index (κ3) is 10.0. The number of likely N-dealkylation sites (N-methyl/N-ethyl adjacent to an activating group) is 1. The van der Waals surface area contributed by atoms with Crippen molar-refractivity contribution in [2.45, 2.75) is 140 Å². The summed E-state index contributed by atoms with van der Waals surface area (Å²) in [6, 6.07) is 1.84. The van der Waals surface area contributed by atoms with Gasteiger partial charge in [-0.1, -0.05) is 20.8 Å². The van der Waals surface area contributed by atoms with Gasteiger partial charge < -0.3 is 55.3 Å². The lowest BCUT2D eigenvalue weighted by Gasteiger charge is -2.49. The molecule has 1 unspecified atom stereocenters. The normalized spacial score (nSPS) is 40.3. The van der Waals surface area contributed by atoms with Gasteiger partial charge in [0.25, 0.3) is 11.4 Å². The summed E-state index contributed by atoms with van der Waals surface area (Å²) in [5, 5.41) is 88.9. The number of hydrogen-bond donors (Lipinski definition) is 7. The molecule has 1 aromatic carbocycles. The number of nitro benzene ring substituents is 2. The van der Waals surface area contributed by atoms with Crippen LogP contribution in [0.15, 0.2) is 18.2 Å². The Bertz CT molecular complexity index is 1460. The van der Waals surface area contributed by atoms with E-state index in [1.807, 2.05) is 18.7 Å². The van der Waals surface area contributed by atoms with Gasteiger partial charge in [-0.3, -0.25) is 25.0 Å². The molecule has 18 nitrogen and oxygen atoms in total. The summed E-state index contributed by atoms with van der Waals surface area (Å²) in [5.41, 5.74) is -7.44. The lowest BCUT2D eigenvalue weighted by Crippen LogP contribution is -2.63. The molecule has 2 saturated heterocycles. The van der Waals surface area contributed by atoms with Crippen molar-refractivity contribution in [2.75, 3.05) is 32.5 Å². The Morgan fingerprint density at radius 3 is 2.24 bits per heavy atom. The van der Waals surface area contributed by atoms with E-state index in [9.17, 15) is 50.6 Å². The molecule has 0 aliphatic carbocycles. The van der Waals surface area contributed by atoms with Gasteiger partial charge in [0.15, 0.2) is 6.29 Å². The second-order valence-electron chi connectivity index (χ2n) is 16.1. The fraction of sp³-hybridized carbons (Fsp3) is 0.806. The first-order chi connectivity index (χ1) is 24.9. The number of carbonyl (C=O) groups excluding carboxylic acids is 1. The zero-order chi connectivity index (χ0) is 41.1. The van der Waals surface area contributed by atoms with Crippen LogP contribution in [0.4, 0.5) is 17.1 Å². The molecule has 0 aromatic heterocycles. The van der Waals surface area contributed by atoms with Crippen molar-refractivity contribution in [2.24, 2.45) is 17.8 Å². The molecule has 0 radical (unpaired) electrons. The van der Waals surface area contributed by atoms with E-state index in [0.717, 1.165) is 18.2 Å². The van der Waals surface area contributed by atoms with Crippen LogP contribution in [-0.2, 0) is 19.0 Å². The first kappa shape index (κ1) is 45.3. The van der Waals surface area contributed by atoms with Crippen molar-refractivity contribution >= 4 is 23.0 Å². The number of non-ortho nitro benzene ring substituents is 1. The molecule has 54 heavy (non-hydrogen) atoms. The first-order valence-corrected chi connectivity index (χ1v) is 18.5. The van der Waals surface area contributed by atoms with Crippen molar-refractivity contribution in [1.29, 1.82) is 0 Å². The van der Waals surface area contributed by atoms with E-state index in [1.165, 1.54) is 27.7 Å². The molecule has 2 aliphatic heterocycles. The van der Waals surface area contributed by atoms with Crippen molar-refractivity contribution in [3.63, 3.8) is 0 Å². The van der Waals surface area contributed by atoms with E-state index >= 15 is 0 Å². The number of ether oxygens (including phenoxy) is 3. The van der Waals surface area contributed by atoms with Crippen LogP contribution in [0.2, 0.25) is 0 Å². The number of aliphatic hydroxyl groups is 5. The van der Waals surface area contributed by atoms with Crippen LogP contribution in [0.3, 0.4) is 0 Å². The fourth-order valence-electron chi connectivity index (χ4n) is 7.90. The summed E-state index contributed by atoms with van der Waals surface area (Å²) < 4.78 is 18.4. The maximum absolute atomic E-state index is 14.1. The molecule has 7 N–H and O–H groups in total. The Morgan fingerprint density at radius 2 is 1.69 bits per heavy atom. The SMILES string of the molecule is CC[C@H]1OC(=O)C(C)[C@@](O)(CNc2ccc([N+](=O)[O-])cc2[N+](=O)[O-])[C@H](C)[C@@H](O[C@@H]2O[C@H](C)C[C@H](N(C)C)[C@H]2O)[C@@](C)(O)C[C@@H](C)CN[C@H](C)[C@@H](O)[C@]1(C)O. The summed E-state index contributed by atoms with van der Waals surface area (Å²) in [6.07, 6.45) is -6.31. The third-order valence-electron chi connectivity index (χ3n) is 11.4. The maximum Gasteiger partial charge on any atom is 0.312 e. The quantitative estimate of drug-likeness (QED) is 0.107. The van der Waals surface area contributed by atoms with Gasteiger partial charge in [-0.2, -0.15) is 0 Å². The molecule has 1 aromatic rings. The van der Waals surface area contributed by atoms with Crippen LogP contribution < -0.4 is 10.6 Å². The minimum atomic E-state index is -2.29. The minimum absolute atomic E-state index is 0.0391. The van der Waals surface area contributed by atoms with E-state index in [1.54, 1.807) is 27.9 Å². The molecule has 2 heterocycles. The van der Waals surface area contributed by atoms with Crippen molar-refractivity contribution in [1.82, 2.24) is 10.2 Å². The number of benzene rings is 1. The molecular formula is C36H61N5O13. The zero-order valence-corrected chi connectivity index (χ0v) is 33.0. The lowest BCUT2D eigenvalue weighted by molar-refractivity contribution is -0.393. The Labute approximate surface area is 316 Å². The number of esters is 1. The average molecular weight is 772 g/mol. The summed E-state index contributed by atoms with van der Waals surface area (Å²) in [6.45, 7) is 12.4. The second kappa shape index (κ2) is 17.8. The van der Waals surface area contributed by atoms with Gasteiger partial charge in [0.2, 0.25) is 0 Å². The Morgan fingerprint density at radius 1 is 1.06 bits per heavy atom. The zero-order valence-electron chi connectivity index (χ0n) is 33.0. The number of aliphatic hydroxyl groups excluding tert-OH is 2. The first-order valence-electron chi connectivity index (χ1n) is 18.5. The monoisotopic (exact) mass is 771 g/mol. The van der Waals surface area contributed by atoms with Crippen molar-refractivity contribution < 1.29 is 54.4 Å². The lowest BCUT2D eigenvalue weighted by atomic mass is 9.70. The highest BCUT2D eigenvalue weighted by Crippen LogP contribution is 2.41. The number of nitrogens with zero attached hydrogens (tertiary/aromatic N) is 3. The summed E-state index contributed by atoms with van der Waals surface area (Å²) >= 11 is 0. The summed E-state index contributed by atoms with van der Waals surface area (Å²) in [4.78, 5) is 37.7. The van der Waals surface area contributed by atoms with E-state index in [2.05, 4.69) is 10.6 Å². The van der Waals surface area contributed by atoms with Crippen LogP contribution >= 0.6 is 0 Å². The van der Waals surface area contributed by atoms with E-state index < -0.39 is 105 Å². The number of cyclic esters (lactones) is 1. The van der Waals surface area contributed by atoms with E-state index in [-0.39, 0.29) is 37.1 Å². The van der Waals surface area contributed by atoms with Gasteiger partial charge in [-0.15, -0.1) is 0 Å². The molecule has 308 valence electrons. The van der Waals surface area contributed by atoms with Crippen LogP contribution in [0.5, 0.6) is 0 Å². The number of rotatable bonds is 9.